The number of hydrogen-bond acceptors (Lipinski definition) is 1. The summed E-state index contributed by atoms with van der Waals surface area (Å²) < 4.78 is 0. The van der Waals surface area contributed by atoms with Gasteiger partial charge in [-0.2, -0.15) is 0 Å². The number of benzene rings is 1. The fourth-order valence-corrected chi connectivity index (χ4v) is 1.10. The fraction of sp³-hybridized carbons (Fsp3) is 0.273. The molecule has 0 saturated heterocycles. The lowest BCUT2D eigenvalue weighted by Crippen LogP contribution is -2.12. The van der Waals surface area contributed by atoms with Gasteiger partial charge in [-0.1, -0.05) is 48.0 Å². The predicted molar refractivity (Wildman–Crippen MR) is 65.0 cm³/mol. The summed E-state index contributed by atoms with van der Waals surface area (Å²) in [5.74, 6) is 0. The molecule has 3 heteroatoms. The number of allylic oxidation sites excluding steroid dienone is 1. The normalized spacial score (nSPS) is 10.9. The highest BCUT2D eigenvalue weighted by Gasteiger charge is 1.88. The van der Waals surface area contributed by atoms with Gasteiger partial charge in [0.05, 0.1) is 0 Å². The minimum Gasteiger partial charge on any atom is -0.309 e. The Morgan fingerprint density at radius 2 is 2.00 bits per heavy atom. The second-order valence-corrected chi connectivity index (χ2v) is 3.50. The molecule has 0 aliphatic rings. The maximum absolute atomic E-state index is 5.68. The summed E-state index contributed by atoms with van der Waals surface area (Å²) in [6.07, 6.45) is 1.96. The average molecular weight is 232 g/mol. The number of nitrogens with one attached hydrogen (secondary N) is 1. The van der Waals surface area contributed by atoms with Crippen molar-refractivity contribution < 1.29 is 0 Å². The molecule has 0 unspecified atom stereocenters. The Bertz CT molecular complexity index is 266. The van der Waals surface area contributed by atoms with Gasteiger partial charge in [-0.05, 0) is 12.5 Å². The summed E-state index contributed by atoms with van der Waals surface area (Å²) in [5, 5.41) is 4.11. The van der Waals surface area contributed by atoms with E-state index in [1.54, 1.807) is 0 Å². The maximum atomic E-state index is 5.68. The van der Waals surface area contributed by atoms with E-state index in [2.05, 4.69) is 17.4 Å². The van der Waals surface area contributed by atoms with E-state index in [1.807, 2.05) is 31.2 Å². The van der Waals surface area contributed by atoms with E-state index in [0.717, 1.165) is 18.1 Å². The summed E-state index contributed by atoms with van der Waals surface area (Å²) in [6, 6.07) is 10.3. The average Bonchev–Trinajstić information content (AvgIpc) is 2.14. The van der Waals surface area contributed by atoms with Gasteiger partial charge in [0.2, 0.25) is 0 Å². The molecule has 1 rings (SSSR count). The third-order valence-electron chi connectivity index (χ3n) is 1.70. The quantitative estimate of drug-likeness (QED) is 0.785. The first-order valence-electron chi connectivity index (χ1n) is 4.36. The van der Waals surface area contributed by atoms with Gasteiger partial charge >= 0.3 is 0 Å². The highest BCUT2D eigenvalue weighted by atomic mass is 35.5. The molecule has 0 aromatic heterocycles. The van der Waals surface area contributed by atoms with Crippen molar-refractivity contribution in [2.75, 3.05) is 6.54 Å². The summed E-state index contributed by atoms with van der Waals surface area (Å²) in [5.41, 5.74) is 1.29. The molecule has 1 N–H and O–H groups in total. The van der Waals surface area contributed by atoms with E-state index in [0.29, 0.717) is 0 Å². The van der Waals surface area contributed by atoms with Crippen molar-refractivity contribution in [1.82, 2.24) is 5.32 Å². The van der Waals surface area contributed by atoms with Crippen molar-refractivity contribution in [1.29, 1.82) is 0 Å². The highest BCUT2D eigenvalue weighted by molar-refractivity contribution is 6.29. The van der Waals surface area contributed by atoms with Gasteiger partial charge in [0.15, 0.2) is 0 Å². The van der Waals surface area contributed by atoms with Crippen LogP contribution in [0.1, 0.15) is 12.5 Å². The summed E-state index contributed by atoms with van der Waals surface area (Å²) >= 11 is 5.68. The standard InChI is InChI=1S/C11H14ClN.ClH/c1-10(12)7-8-13-9-11-5-3-2-4-6-11;/h2-7,13H,8-9H2,1H3;1H/b10-7-;. The monoisotopic (exact) mass is 231 g/mol. The Hall–Kier alpha value is -0.500. The maximum Gasteiger partial charge on any atom is 0.0208 e. The molecule has 0 aliphatic carbocycles. The van der Waals surface area contributed by atoms with E-state index in [-0.39, 0.29) is 12.4 Å². The Morgan fingerprint density at radius 1 is 1.36 bits per heavy atom. The molecule has 0 amide bonds. The fourth-order valence-electron chi connectivity index (χ4n) is 1.03. The Kier molecular flexibility index (Phi) is 7.58. The third-order valence-corrected chi connectivity index (χ3v) is 1.85. The Balaban J connectivity index is 0.00000169. The molecule has 0 heterocycles. The number of hydrogen-bond donors (Lipinski definition) is 1. The summed E-state index contributed by atoms with van der Waals surface area (Å²) in [4.78, 5) is 0. The number of rotatable bonds is 4. The van der Waals surface area contributed by atoms with Crippen molar-refractivity contribution in [3.63, 3.8) is 0 Å². The van der Waals surface area contributed by atoms with E-state index >= 15 is 0 Å². The zero-order valence-corrected chi connectivity index (χ0v) is 9.74. The van der Waals surface area contributed by atoms with Crippen LogP contribution in [0.2, 0.25) is 0 Å². The van der Waals surface area contributed by atoms with Crippen LogP contribution >= 0.6 is 24.0 Å². The van der Waals surface area contributed by atoms with Crippen LogP contribution in [-0.4, -0.2) is 6.54 Å². The van der Waals surface area contributed by atoms with Gasteiger partial charge < -0.3 is 5.32 Å². The van der Waals surface area contributed by atoms with Gasteiger partial charge in [-0.25, -0.2) is 0 Å². The Morgan fingerprint density at radius 3 is 2.57 bits per heavy atom. The zero-order chi connectivity index (χ0) is 9.52. The molecule has 14 heavy (non-hydrogen) atoms. The molecule has 0 fully saturated rings. The molecule has 78 valence electrons. The highest BCUT2D eigenvalue weighted by Crippen LogP contribution is 1.98. The third kappa shape index (κ3) is 6.03. The van der Waals surface area contributed by atoms with Crippen LogP contribution in [0.25, 0.3) is 0 Å². The molecule has 0 spiro atoms. The largest absolute Gasteiger partial charge is 0.309 e. The topological polar surface area (TPSA) is 12.0 Å². The van der Waals surface area contributed by atoms with Crippen molar-refractivity contribution in [3.8, 4) is 0 Å². The van der Waals surface area contributed by atoms with Crippen molar-refractivity contribution in [3.05, 3.63) is 47.0 Å². The molecule has 0 radical (unpaired) electrons. The van der Waals surface area contributed by atoms with Crippen LogP contribution in [0.3, 0.4) is 0 Å². The van der Waals surface area contributed by atoms with Crippen LogP contribution in [0.5, 0.6) is 0 Å². The summed E-state index contributed by atoms with van der Waals surface area (Å²) in [6.45, 7) is 3.59. The van der Waals surface area contributed by atoms with Crippen LogP contribution in [0.15, 0.2) is 41.4 Å². The van der Waals surface area contributed by atoms with Gasteiger partial charge in [-0.3, -0.25) is 0 Å². The van der Waals surface area contributed by atoms with Crippen molar-refractivity contribution in [2.45, 2.75) is 13.5 Å². The lowest BCUT2D eigenvalue weighted by molar-refractivity contribution is 0.759. The van der Waals surface area contributed by atoms with Crippen LogP contribution in [-0.2, 0) is 6.54 Å². The molecular weight excluding hydrogens is 217 g/mol. The van der Waals surface area contributed by atoms with E-state index in [9.17, 15) is 0 Å². The second kappa shape index (κ2) is 7.86. The van der Waals surface area contributed by atoms with Crippen LogP contribution in [0, 0.1) is 0 Å². The van der Waals surface area contributed by atoms with Gasteiger partial charge in [0, 0.05) is 18.1 Å². The molecular formula is C11H15Cl2N. The summed E-state index contributed by atoms with van der Waals surface area (Å²) in [7, 11) is 0. The first-order valence-corrected chi connectivity index (χ1v) is 4.74. The van der Waals surface area contributed by atoms with E-state index < -0.39 is 0 Å². The van der Waals surface area contributed by atoms with E-state index in [1.165, 1.54) is 5.56 Å². The molecule has 0 aliphatic heterocycles. The minimum absolute atomic E-state index is 0. The lowest BCUT2D eigenvalue weighted by Gasteiger charge is -2.01. The molecule has 1 aromatic carbocycles. The minimum atomic E-state index is 0. The zero-order valence-electron chi connectivity index (χ0n) is 8.16. The molecule has 1 nitrogen and oxygen atoms in total. The van der Waals surface area contributed by atoms with Crippen molar-refractivity contribution >= 4 is 24.0 Å². The van der Waals surface area contributed by atoms with Crippen LogP contribution < -0.4 is 5.32 Å². The predicted octanol–water partition coefficient (Wildman–Crippen LogP) is 3.34. The SMILES string of the molecule is C/C(Cl)=C/CNCc1ccccc1.Cl. The molecule has 0 bridgehead atoms. The Labute approximate surface area is 96.6 Å². The van der Waals surface area contributed by atoms with Gasteiger partial charge in [-0.15, -0.1) is 12.4 Å². The first kappa shape index (κ1) is 13.5. The molecule has 0 atom stereocenters. The lowest BCUT2D eigenvalue weighted by atomic mass is 10.2. The van der Waals surface area contributed by atoms with E-state index in [4.69, 9.17) is 11.6 Å². The first-order chi connectivity index (χ1) is 6.29. The molecule has 0 saturated carbocycles. The van der Waals surface area contributed by atoms with Crippen molar-refractivity contribution in [2.24, 2.45) is 0 Å². The van der Waals surface area contributed by atoms with Gasteiger partial charge in [0.25, 0.3) is 0 Å². The molecule has 1 aromatic rings. The van der Waals surface area contributed by atoms with Gasteiger partial charge in [0.1, 0.15) is 0 Å². The van der Waals surface area contributed by atoms with Crippen LogP contribution in [0.4, 0.5) is 0 Å². The number of halogens is 2. The smallest absolute Gasteiger partial charge is 0.0208 e. The second-order valence-electron chi connectivity index (χ2n) is 2.91.